The standard InChI is InChI=1S/C23H26Cl2N2O3S/c1-14(23(3,4)5)27(22(30)17-9-12-19(24)20(25)13-17)26(6)21(29)16-7-10-18(11-8-16)31-15(2)28/h7-14H,1-6H3. The van der Waals surface area contributed by atoms with Crippen molar-refractivity contribution >= 4 is 51.9 Å². The van der Waals surface area contributed by atoms with E-state index < -0.39 is 0 Å². The third kappa shape index (κ3) is 6.25. The summed E-state index contributed by atoms with van der Waals surface area (Å²) in [6.45, 7) is 9.38. The molecule has 0 N–H and O–H groups in total. The second kappa shape index (κ2) is 10.1. The normalized spacial score (nSPS) is 12.3. The summed E-state index contributed by atoms with van der Waals surface area (Å²) in [6.07, 6.45) is 0. The van der Waals surface area contributed by atoms with E-state index in [2.05, 4.69) is 0 Å². The topological polar surface area (TPSA) is 57.7 Å². The van der Waals surface area contributed by atoms with Gasteiger partial charge < -0.3 is 0 Å². The van der Waals surface area contributed by atoms with Crippen LogP contribution in [-0.2, 0) is 4.79 Å². The molecule has 0 aromatic heterocycles. The molecule has 0 aliphatic rings. The van der Waals surface area contributed by atoms with Crippen molar-refractivity contribution in [3.63, 3.8) is 0 Å². The maximum atomic E-state index is 13.4. The lowest BCUT2D eigenvalue weighted by molar-refractivity contribution is -0.109. The van der Waals surface area contributed by atoms with Crippen LogP contribution >= 0.6 is 35.0 Å². The predicted molar refractivity (Wildman–Crippen MR) is 127 cm³/mol. The van der Waals surface area contributed by atoms with Crippen molar-refractivity contribution < 1.29 is 14.4 Å². The molecule has 31 heavy (non-hydrogen) atoms. The third-order valence-corrected chi connectivity index (χ3v) is 6.51. The maximum absolute atomic E-state index is 13.4. The number of rotatable bonds is 4. The fourth-order valence-electron chi connectivity index (χ4n) is 2.82. The van der Waals surface area contributed by atoms with Gasteiger partial charge in [-0.25, -0.2) is 10.0 Å². The fourth-order valence-corrected chi connectivity index (χ4v) is 3.72. The molecule has 1 atom stereocenters. The van der Waals surface area contributed by atoms with Crippen LogP contribution in [0.1, 0.15) is 55.3 Å². The second-order valence-corrected chi connectivity index (χ2v) is 10.3. The molecule has 2 rings (SSSR count). The molecule has 5 nitrogen and oxygen atoms in total. The molecule has 0 radical (unpaired) electrons. The smallest absolute Gasteiger partial charge is 0.272 e. The lowest BCUT2D eigenvalue weighted by Crippen LogP contribution is -2.55. The van der Waals surface area contributed by atoms with E-state index in [1.807, 2.05) is 27.7 Å². The Labute approximate surface area is 197 Å². The van der Waals surface area contributed by atoms with E-state index >= 15 is 0 Å². The molecule has 2 aromatic carbocycles. The van der Waals surface area contributed by atoms with Gasteiger partial charge in [-0.05, 0) is 54.8 Å². The molecular formula is C23H26Cl2N2O3S. The Morgan fingerprint density at radius 2 is 1.45 bits per heavy atom. The van der Waals surface area contributed by atoms with E-state index in [0.29, 0.717) is 16.1 Å². The van der Waals surface area contributed by atoms with Crippen LogP contribution in [0.3, 0.4) is 0 Å². The number of hydrogen-bond donors (Lipinski definition) is 0. The Morgan fingerprint density at radius 1 is 0.903 bits per heavy atom. The van der Waals surface area contributed by atoms with Gasteiger partial charge >= 0.3 is 0 Å². The monoisotopic (exact) mass is 480 g/mol. The predicted octanol–water partition coefficient (Wildman–Crippen LogP) is 6.20. The third-order valence-electron chi connectivity index (χ3n) is 4.97. The Kier molecular flexibility index (Phi) is 8.20. The second-order valence-electron chi connectivity index (χ2n) is 8.27. The lowest BCUT2D eigenvalue weighted by Gasteiger charge is -2.42. The van der Waals surface area contributed by atoms with E-state index in [4.69, 9.17) is 23.2 Å². The summed E-state index contributed by atoms with van der Waals surface area (Å²) in [5.41, 5.74) is 0.435. The fraction of sp³-hybridized carbons (Fsp3) is 0.348. The van der Waals surface area contributed by atoms with E-state index in [1.165, 1.54) is 23.0 Å². The van der Waals surface area contributed by atoms with Crippen LogP contribution in [0.4, 0.5) is 0 Å². The number of hydrazine groups is 1. The van der Waals surface area contributed by atoms with Crippen LogP contribution in [0.25, 0.3) is 0 Å². The molecule has 2 amide bonds. The zero-order chi connectivity index (χ0) is 23.5. The van der Waals surface area contributed by atoms with Crippen molar-refractivity contribution in [2.75, 3.05) is 7.05 Å². The summed E-state index contributed by atoms with van der Waals surface area (Å²) in [5.74, 6) is -0.704. The molecule has 0 fully saturated rings. The summed E-state index contributed by atoms with van der Waals surface area (Å²) in [5, 5.41) is 3.35. The quantitative estimate of drug-likeness (QED) is 0.386. The van der Waals surface area contributed by atoms with E-state index in [9.17, 15) is 14.4 Å². The Bertz CT molecular complexity index is 987. The number of carbonyl (C=O) groups is 3. The number of benzene rings is 2. The number of nitrogens with zero attached hydrogens (tertiary/aromatic N) is 2. The first kappa shape index (κ1) is 25.2. The number of carbonyl (C=O) groups excluding carboxylic acids is 3. The maximum Gasteiger partial charge on any atom is 0.272 e. The van der Waals surface area contributed by atoms with Gasteiger partial charge in [0.25, 0.3) is 11.8 Å². The highest BCUT2D eigenvalue weighted by Crippen LogP contribution is 2.29. The highest BCUT2D eigenvalue weighted by molar-refractivity contribution is 8.13. The lowest BCUT2D eigenvalue weighted by atomic mass is 9.87. The first-order valence-corrected chi connectivity index (χ1v) is 11.2. The van der Waals surface area contributed by atoms with Crippen LogP contribution in [0.5, 0.6) is 0 Å². The molecule has 0 saturated heterocycles. The van der Waals surface area contributed by atoms with Gasteiger partial charge in [0.1, 0.15) is 0 Å². The molecule has 166 valence electrons. The average molecular weight is 481 g/mol. The minimum atomic E-state index is -0.361. The Balaban J connectivity index is 2.40. The van der Waals surface area contributed by atoms with Gasteiger partial charge in [0, 0.05) is 30.0 Å². The SMILES string of the molecule is CC(=O)Sc1ccc(C(=O)N(C)N(C(=O)c2ccc(Cl)c(Cl)c2)C(C)C(C)(C)C)cc1. The zero-order valence-electron chi connectivity index (χ0n) is 18.4. The number of thioether (sulfide) groups is 1. The summed E-state index contributed by atoms with van der Waals surface area (Å²) in [4.78, 5) is 38.7. The van der Waals surface area contributed by atoms with Crippen LogP contribution in [0, 0.1) is 5.41 Å². The summed E-state index contributed by atoms with van der Waals surface area (Å²) < 4.78 is 0. The summed E-state index contributed by atoms with van der Waals surface area (Å²) in [6, 6.07) is 11.1. The van der Waals surface area contributed by atoms with Crippen LogP contribution in [0.2, 0.25) is 10.0 Å². The highest BCUT2D eigenvalue weighted by Gasteiger charge is 2.35. The number of halogens is 2. The molecule has 0 aliphatic carbocycles. The summed E-state index contributed by atoms with van der Waals surface area (Å²) in [7, 11) is 1.57. The zero-order valence-corrected chi connectivity index (χ0v) is 20.7. The van der Waals surface area contributed by atoms with Gasteiger partial charge in [0.15, 0.2) is 5.12 Å². The van der Waals surface area contributed by atoms with Crippen LogP contribution in [0.15, 0.2) is 47.4 Å². The molecule has 2 aromatic rings. The van der Waals surface area contributed by atoms with Gasteiger partial charge in [-0.15, -0.1) is 0 Å². The average Bonchev–Trinajstić information content (AvgIpc) is 2.68. The number of hydrogen-bond acceptors (Lipinski definition) is 4. The van der Waals surface area contributed by atoms with Crippen molar-refractivity contribution in [3.8, 4) is 0 Å². The highest BCUT2D eigenvalue weighted by atomic mass is 35.5. The Hall–Kier alpha value is -2.02. The minimum absolute atomic E-state index is 0.0337. The Morgan fingerprint density at radius 3 is 1.94 bits per heavy atom. The van der Waals surface area contributed by atoms with Crippen LogP contribution < -0.4 is 0 Å². The van der Waals surface area contributed by atoms with Gasteiger partial charge in [-0.2, -0.15) is 0 Å². The van der Waals surface area contributed by atoms with Gasteiger partial charge in [-0.1, -0.05) is 55.7 Å². The molecule has 0 heterocycles. The molecular weight excluding hydrogens is 455 g/mol. The van der Waals surface area contributed by atoms with Crippen molar-refractivity contribution in [2.24, 2.45) is 5.41 Å². The van der Waals surface area contributed by atoms with E-state index in [0.717, 1.165) is 16.7 Å². The summed E-state index contributed by atoms with van der Waals surface area (Å²) >= 11 is 13.2. The first-order chi connectivity index (χ1) is 14.3. The minimum Gasteiger partial charge on any atom is -0.287 e. The molecule has 0 saturated carbocycles. The van der Waals surface area contributed by atoms with Gasteiger partial charge in [0.05, 0.1) is 16.1 Å². The molecule has 0 aliphatic heterocycles. The van der Waals surface area contributed by atoms with E-state index in [1.54, 1.807) is 43.4 Å². The van der Waals surface area contributed by atoms with Crippen molar-refractivity contribution in [1.29, 1.82) is 0 Å². The molecule has 1 unspecified atom stereocenters. The van der Waals surface area contributed by atoms with Crippen molar-refractivity contribution in [2.45, 2.75) is 45.6 Å². The molecule has 0 spiro atoms. The molecule has 8 heteroatoms. The number of amides is 2. The van der Waals surface area contributed by atoms with Crippen molar-refractivity contribution in [3.05, 3.63) is 63.6 Å². The van der Waals surface area contributed by atoms with Gasteiger partial charge in [0.2, 0.25) is 0 Å². The van der Waals surface area contributed by atoms with Gasteiger partial charge in [-0.3, -0.25) is 14.4 Å². The first-order valence-electron chi connectivity index (χ1n) is 9.68. The van der Waals surface area contributed by atoms with E-state index in [-0.39, 0.29) is 33.4 Å². The van der Waals surface area contributed by atoms with Crippen molar-refractivity contribution in [1.82, 2.24) is 10.0 Å². The molecule has 0 bridgehead atoms. The largest absolute Gasteiger partial charge is 0.287 e. The van der Waals surface area contributed by atoms with Crippen LogP contribution in [-0.4, -0.2) is 40.0 Å².